The van der Waals surface area contributed by atoms with Gasteiger partial charge in [0, 0.05) is 10.7 Å². The van der Waals surface area contributed by atoms with Crippen molar-refractivity contribution in [3.63, 3.8) is 0 Å². The van der Waals surface area contributed by atoms with Crippen LogP contribution in [0.2, 0.25) is 5.02 Å². The monoisotopic (exact) mass is 369 g/mol. The fraction of sp³-hybridized carbons (Fsp3) is 0.409. The van der Waals surface area contributed by atoms with Crippen LogP contribution < -0.4 is 5.32 Å². The Balaban J connectivity index is 1.62. The van der Waals surface area contributed by atoms with Gasteiger partial charge >= 0.3 is 5.97 Å². The second-order valence-electron chi connectivity index (χ2n) is 8.48. The SMILES string of the molecule is CC1(C)CC(c2cccc(CC3(C(=O)O)CC3)c2)Nc2ccc(Cl)cc21. The summed E-state index contributed by atoms with van der Waals surface area (Å²) in [7, 11) is 0. The summed E-state index contributed by atoms with van der Waals surface area (Å²) in [6.07, 6.45) is 3.16. The van der Waals surface area contributed by atoms with Crippen molar-refractivity contribution in [1.82, 2.24) is 0 Å². The molecule has 1 aliphatic heterocycles. The molecule has 0 spiro atoms. The van der Waals surface area contributed by atoms with Crippen molar-refractivity contribution < 1.29 is 9.90 Å². The smallest absolute Gasteiger partial charge is 0.309 e. The van der Waals surface area contributed by atoms with Crippen LogP contribution in [0.15, 0.2) is 42.5 Å². The summed E-state index contributed by atoms with van der Waals surface area (Å²) in [5, 5.41) is 13.9. The van der Waals surface area contributed by atoms with Gasteiger partial charge in [0.25, 0.3) is 0 Å². The highest BCUT2D eigenvalue weighted by Crippen LogP contribution is 2.49. The molecule has 0 radical (unpaired) electrons. The van der Waals surface area contributed by atoms with Gasteiger partial charge in [-0.25, -0.2) is 0 Å². The molecule has 1 unspecified atom stereocenters. The summed E-state index contributed by atoms with van der Waals surface area (Å²) in [6, 6.07) is 14.7. The van der Waals surface area contributed by atoms with E-state index in [1.54, 1.807) is 0 Å². The maximum atomic E-state index is 11.5. The quantitative estimate of drug-likeness (QED) is 0.739. The highest BCUT2D eigenvalue weighted by atomic mass is 35.5. The van der Waals surface area contributed by atoms with Crippen molar-refractivity contribution in [3.8, 4) is 0 Å². The maximum Gasteiger partial charge on any atom is 0.309 e. The van der Waals surface area contributed by atoms with Crippen molar-refractivity contribution in [2.45, 2.75) is 51.0 Å². The molecule has 1 fully saturated rings. The number of hydrogen-bond acceptors (Lipinski definition) is 2. The molecule has 2 aromatic carbocycles. The van der Waals surface area contributed by atoms with E-state index in [4.69, 9.17) is 11.6 Å². The molecule has 2 N–H and O–H groups in total. The lowest BCUT2D eigenvalue weighted by molar-refractivity contribution is -0.143. The molecular weight excluding hydrogens is 346 g/mol. The van der Waals surface area contributed by atoms with Gasteiger partial charge in [0.05, 0.1) is 11.5 Å². The molecule has 4 rings (SSSR count). The number of benzene rings is 2. The zero-order valence-electron chi connectivity index (χ0n) is 15.2. The third kappa shape index (κ3) is 3.09. The summed E-state index contributed by atoms with van der Waals surface area (Å²) < 4.78 is 0. The van der Waals surface area contributed by atoms with Crippen molar-refractivity contribution in [2.75, 3.05) is 5.32 Å². The fourth-order valence-electron chi connectivity index (χ4n) is 4.19. The zero-order valence-corrected chi connectivity index (χ0v) is 15.9. The molecule has 1 saturated carbocycles. The van der Waals surface area contributed by atoms with Gasteiger partial charge in [-0.15, -0.1) is 0 Å². The van der Waals surface area contributed by atoms with Crippen molar-refractivity contribution in [2.24, 2.45) is 5.41 Å². The molecular formula is C22H24ClNO2. The molecule has 0 saturated heterocycles. The summed E-state index contributed by atoms with van der Waals surface area (Å²) in [4.78, 5) is 11.5. The summed E-state index contributed by atoms with van der Waals surface area (Å²) in [5.41, 5.74) is 4.21. The highest BCUT2D eigenvalue weighted by molar-refractivity contribution is 6.30. The highest BCUT2D eigenvalue weighted by Gasteiger charge is 2.50. The predicted molar refractivity (Wildman–Crippen MR) is 105 cm³/mol. The minimum atomic E-state index is -0.661. The molecule has 1 aliphatic carbocycles. The second kappa shape index (κ2) is 6.02. The topological polar surface area (TPSA) is 49.3 Å². The lowest BCUT2D eigenvalue weighted by Gasteiger charge is -2.39. The predicted octanol–water partition coefficient (Wildman–Crippen LogP) is 5.58. The summed E-state index contributed by atoms with van der Waals surface area (Å²) >= 11 is 6.20. The van der Waals surface area contributed by atoms with E-state index in [0.29, 0.717) is 6.42 Å². The van der Waals surface area contributed by atoms with Gasteiger partial charge in [-0.3, -0.25) is 4.79 Å². The number of carboxylic acid groups (broad SMARTS) is 1. The minimum absolute atomic E-state index is 0.0188. The van der Waals surface area contributed by atoms with Crippen LogP contribution in [-0.2, 0) is 16.6 Å². The summed E-state index contributed by atoms with van der Waals surface area (Å²) in [5.74, 6) is -0.661. The number of anilines is 1. The Morgan fingerprint density at radius 2 is 2.00 bits per heavy atom. The first kappa shape index (κ1) is 17.4. The van der Waals surface area contributed by atoms with Gasteiger partial charge in [0.15, 0.2) is 0 Å². The average molecular weight is 370 g/mol. The van der Waals surface area contributed by atoms with Crippen LogP contribution >= 0.6 is 11.6 Å². The van der Waals surface area contributed by atoms with Crippen molar-refractivity contribution >= 4 is 23.3 Å². The first-order valence-corrected chi connectivity index (χ1v) is 9.56. The molecule has 3 nitrogen and oxygen atoms in total. The Morgan fingerprint density at radius 1 is 1.23 bits per heavy atom. The molecule has 26 heavy (non-hydrogen) atoms. The number of fused-ring (bicyclic) bond motifs is 1. The van der Waals surface area contributed by atoms with E-state index in [2.05, 4.69) is 49.5 Å². The number of rotatable bonds is 4. The third-order valence-electron chi connectivity index (χ3n) is 5.96. The Hall–Kier alpha value is -2.00. The van der Waals surface area contributed by atoms with Crippen LogP contribution in [0.5, 0.6) is 0 Å². The lowest BCUT2D eigenvalue weighted by atomic mass is 9.74. The molecule has 1 atom stereocenters. The molecule has 4 heteroatoms. The van der Waals surface area contributed by atoms with Gasteiger partial charge in [0.2, 0.25) is 0 Å². The number of nitrogens with one attached hydrogen (secondary N) is 1. The minimum Gasteiger partial charge on any atom is -0.481 e. The van der Waals surface area contributed by atoms with Crippen LogP contribution in [0.4, 0.5) is 5.69 Å². The molecule has 0 amide bonds. The molecule has 2 aliphatic rings. The lowest BCUT2D eigenvalue weighted by Crippen LogP contribution is -2.31. The number of carbonyl (C=O) groups is 1. The van der Waals surface area contributed by atoms with Gasteiger partial charge < -0.3 is 10.4 Å². The fourth-order valence-corrected chi connectivity index (χ4v) is 4.36. The first-order chi connectivity index (χ1) is 12.3. The van der Waals surface area contributed by atoms with Crippen LogP contribution in [0.1, 0.15) is 55.8 Å². The first-order valence-electron chi connectivity index (χ1n) is 9.18. The Kier molecular flexibility index (Phi) is 4.03. The number of hydrogen-bond donors (Lipinski definition) is 2. The van der Waals surface area contributed by atoms with Crippen molar-refractivity contribution in [3.05, 3.63) is 64.2 Å². The Labute approximate surface area is 159 Å². The van der Waals surface area contributed by atoms with E-state index in [1.165, 1.54) is 11.1 Å². The van der Waals surface area contributed by atoms with Crippen LogP contribution in [-0.4, -0.2) is 11.1 Å². The molecule has 136 valence electrons. The second-order valence-corrected chi connectivity index (χ2v) is 8.92. The van der Waals surface area contributed by atoms with E-state index in [1.807, 2.05) is 12.1 Å². The maximum absolute atomic E-state index is 11.5. The Morgan fingerprint density at radius 3 is 2.69 bits per heavy atom. The molecule has 0 bridgehead atoms. The van der Waals surface area contributed by atoms with Crippen molar-refractivity contribution in [1.29, 1.82) is 0 Å². The van der Waals surface area contributed by atoms with E-state index in [9.17, 15) is 9.90 Å². The normalized spacial score (nSPS) is 22.2. The van der Waals surface area contributed by atoms with E-state index >= 15 is 0 Å². The largest absolute Gasteiger partial charge is 0.481 e. The van der Waals surface area contributed by atoms with Gasteiger partial charge in [-0.05, 0) is 66.0 Å². The average Bonchev–Trinajstić information content (AvgIpc) is 3.36. The Bertz CT molecular complexity index is 870. The molecule has 1 heterocycles. The number of halogens is 1. The molecule has 2 aromatic rings. The summed E-state index contributed by atoms with van der Waals surface area (Å²) in [6.45, 7) is 4.51. The van der Waals surface area contributed by atoms with Crippen LogP contribution in [0.25, 0.3) is 0 Å². The van der Waals surface area contributed by atoms with Crippen LogP contribution in [0, 0.1) is 5.41 Å². The number of carboxylic acids is 1. The van der Waals surface area contributed by atoms with Crippen LogP contribution in [0.3, 0.4) is 0 Å². The van der Waals surface area contributed by atoms with E-state index < -0.39 is 11.4 Å². The van der Waals surface area contributed by atoms with E-state index in [0.717, 1.165) is 35.5 Å². The van der Waals surface area contributed by atoms with Gasteiger partial charge in [0.1, 0.15) is 0 Å². The molecule has 0 aromatic heterocycles. The van der Waals surface area contributed by atoms with Gasteiger partial charge in [-0.2, -0.15) is 0 Å². The standard InChI is InChI=1S/C22H24ClNO2/c1-21(2)13-19(24-18-7-6-16(23)11-17(18)21)15-5-3-4-14(10-15)12-22(8-9-22)20(25)26/h3-7,10-11,19,24H,8-9,12-13H2,1-2H3,(H,25,26). The zero-order chi connectivity index (χ0) is 18.5. The van der Waals surface area contributed by atoms with E-state index in [-0.39, 0.29) is 11.5 Å². The number of aliphatic carboxylic acids is 1. The third-order valence-corrected chi connectivity index (χ3v) is 6.19. The van der Waals surface area contributed by atoms with Gasteiger partial charge in [-0.1, -0.05) is 49.7 Å².